The number of halogens is 1. The predicted molar refractivity (Wildman–Crippen MR) is 78.7 cm³/mol. The Morgan fingerprint density at radius 2 is 1.76 bits per heavy atom. The van der Waals surface area contributed by atoms with E-state index in [0.29, 0.717) is 11.6 Å². The van der Waals surface area contributed by atoms with Gasteiger partial charge in [0.15, 0.2) is 0 Å². The molecule has 0 aliphatic heterocycles. The van der Waals surface area contributed by atoms with E-state index in [4.69, 9.17) is 11.6 Å². The van der Waals surface area contributed by atoms with Gasteiger partial charge in [-0.05, 0) is 36.0 Å². The number of carboxylic acids is 1. The number of hydrogen-bond acceptors (Lipinski definition) is 2. The Bertz CT molecular complexity index is 596. The first-order valence-electron chi connectivity index (χ1n) is 6.99. The first kappa shape index (κ1) is 14.1. The number of carbonyl (C=O) groups is 2. The molecule has 4 atom stereocenters. The first-order chi connectivity index (χ1) is 10.1. The summed E-state index contributed by atoms with van der Waals surface area (Å²) in [5.41, 5.74) is 0.943. The topological polar surface area (TPSA) is 66.4 Å². The van der Waals surface area contributed by atoms with Crippen molar-refractivity contribution in [2.75, 3.05) is 0 Å². The lowest BCUT2D eigenvalue weighted by molar-refractivity contribution is -0.147. The van der Waals surface area contributed by atoms with E-state index in [0.717, 1.165) is 12.0 Å². The number of rotatable bonds is 4. The van der Waals surface area contributed by atoms with E-state index in [2.05, 4.69) is 5.32 Å². The van der Waals surface area contributed by atoms with Gasteiger partial charge < -0.3 is 10.4 Å². The molecule has 3 rings (SSSR count). The zero-order valence-electron chi connectivity index (χ0n) is 11.3. The van der Waals surface area contributed by atoms with Crippen LogP contribution in [0.1, 0.15) is 12.0 Å². The molecule has 1 saturated carbocycles. The molecule has 1 aromatic rings. The van der Waals surface area contributed by atoms with E-state index in [9.17, 15) is 14.7 Å². The fraction of sp³-hybridized carbons (Fsp3) is 0.375. The van der Waals surface area contributed by atoms with E-state index >= 15 is 0 Å². The molecule has 4 unspecified atom stereocenters. The zero-order chi connectivity index (χ0) is 15.0. The highest BCUT2D eigenvalue weighted by Crippen LogP contribution is 2.48. The van der Waals surface area contributed by atoms with E-state index in [1.807, 2.05) is 24.3 Å². The Hall–Kier alpha value is -1.81. The quantitative estimate of drug-likeness (QED) is 0.840. The maximum atomic E-state index is 12.4. The number of benzene rings is 1. The number of allylic oxidation sites excluding steroid dienone is 2. The molecular formula is C16H16ClNO3. The van der Waals surface area contributed by atoms with E-state index in [-0.39, 0.29) is 17.7 Å². The molecule has 0 aromatic heterocycles. The lowest BCUT2D eigenvalue weighted by atomic mass is 9.82. The van der Waals surface area contributed by atoms with Crippen molar-refractivity contribution in [3.05, 3.63) is 47.0 Å². The molecule has 5 heteroatoms. The third-order valence-electron chi connectivity index (χ3n) is 4.43. The number of hydrogen-bond donors (Lipinski definition) is 2. The van der Waals surface area contributed by atoms with Crippen LogP contribution < -0.4 is 5.32 Å². The first-order valence-corrected chi connectivity index (χ1v) is 7.37. The number of nitrogens with one attached hydrogen (secondary N) is 1. The Morgan fingerprint density at radius 3 is 2.38 bits per heavy atom. The highest BCUT2D eigenvalue weighted by Gasteiger charge is 2.51. The maximum absolute atomic E-state index is 12.4. The van der Waals surface area contributed by atoms with Crippen molar-refractivity contribution in [1.29, 1.82) is 0 Å². The molecular weight excluding hydrogens is 290 g/mol. The smallest absolute Gasteiger partial charge is 0.307 e. The normalized spacial score (nSPS) is 29.6. The second kappa shape index (κ2) is 5.53. The van der Waals surface area contributed by atoms with Crippen LogP contribution in [0.15, 0.2) is 36.4 Å². The molecule has 1 amide bonds. The molecule has 4 nitrogen and oxygen atoms in total. The molecule has 0 spiro atoms. The standard InChI is InChI=1S/C16H16ClNO3/c17-12-5-1-9(2-6-12)8-18-15(19)13-10-3-4-11(7-10)14(13)16(20)21/h1-6,10-11,13-14H,7-8H2,(H,18,19)(H,20,21). The number of fused-ring (bicyclic) bond motifs is 2. The summed E-state index contributed by atoms with van der Waals surface area (Å²) >= 11 is 5.81. The fourth-order valence-corrected chi connectivity index (χ4v) is 3.55. The molecule has 0 saturated heterocycles. The summed E-state index contributed by atoms with van der Waals surface area (Å²) in [6.45, 7) is 0.389. The lowest BCUT2D eigenvalue weighted by Crippen LogP contribution is -2.39. The average Bonchev–Trinajstić information content (AvgIpc) is 3.06. The van der Waals surface area contributed by atoms with Crippen molar-refractivity contribution in [3.8, 4) is 0 Å². The molecule has 2 N–H and O–H groups in total. The van der Waals surface area contributed by atoms with Gasteiger partial charge in [0, 0.05) is 11.6 Å². The van der Waals surface area contributed by atoms with Crippen molar-refractivity contribution in [1.82, 2.24) is 5.32 Å². The van der Waals surface area contributed by atoms with Gasteiger partial charge in [-0.25, -0.2) is 0 Å². The molecule has 1 aromatic carbocycles. The van der Waals surface area contributed by atoms with Gasteiger partial charge in [-0.3, -0.25) is 9.59 Å². The molecule has 21 heavy (non-hydrogen) atoms. The van der Waals surface area contributed by atoms with Gasteiger partial charge in [-0.15, -0.1) is 0 Å². The van der Waals surface area contributed by atoms with E-state index in [1.165, 1.54) is 0 Å². The van der Waals surface area contributed by atoms with Crippen molar-refractivity contribution in [3.63, 3.8) is 0 Å². The number of amides is 1. The van der Waals surface area contributed by atoms with Gasteiger partial charge in [0.05, 0.1) is 11.8 Å². The van der Waals surface area contributed by atoms with Crippen LogP contribution in [-0.2, 0) is 16.1 Å². The number of carbonyl (C=O) groups excluding carboxylic acids is 1. The van der Waals surface area contributed by atoms with Gasteiger partial charge in [-0.2, -0.15) is 0 Å². The minimum absolute atomic E-state index is 0.00113. The summed E-state index contributed by atoms with van der Waals surface area (Å²) in [7, 11) is 0. The van der Waals surface area contributed by atoms with Crippen molar-refractivity contribution < 1.29 is 14.7 Å². The highest BCUT2D eigenvalue weighted by atomic mass is 35.5. The molecule has 2 aliphatic rings. The summed E-state index contributed by atoms with van der Waals surface area (Å²) < 4.78 is 0. The molecule has 2 bridgehead atoms. The molecule has 0 radical (unpaired) electrons. The maximum Gasteiger partial charge on any atom is 0.307 e. The molecule has 0 heterocycles. The Balaban J connectivity index is 1.66. The van der Waals surface area contributed by atoms with Crippen LogP contribution in [0, 0.1) is 23.7 Å². The summed E-state index contributed by atoms with van der Waals surface area (Å²) in [6.07, 6.45) is 4.69. The van der Waals surface area contributed by atoms with Crippen LogP contribution in [0.5, 0.6) is 0 Å². The van der Waals surface area contributed by atoms with Gasteiger partial charge in [0.1, 0.15) is 0 Å². The van der Waals surface area contributed by atoms with Crippen LogP contribution in [-0.4, -0.2) is 17.0 Å². The van der Waals surface area contributed by atoms with Gasteiger partial charge in [0.25, 0.3) is 0 Å². The third-order valence-corrected chi connectivity index (χ3v) is 4.68. The minimum atomic E-state index is -0.876. The SMILES string of the molecule is O=C(O)C1C2C=CC(C2)C1C(=O)NCc1ccc(Cl)cc1. The Morgan fingerprint density at radius 1 is 1.14 bits per heavy atom. The molecule has 110 valence electrons. The average molecular weight is 306 g/mol. The van der Waals surface area contributed by atoms with E-state index < -0.39 is 17.8 Å². The Labute approximate surface area is 127 Å². The van der Waals surface area contributed by atoms with Gasteiger partial charge in [0.2, 0.25) is 5.91 Å². The largest absolute Gasteiger partial charge is 0.481 e. The minimum Gasteiger partial charge on any atom is -0.481 e. The Kier molecular flexibility index (Phi) is 3.72. The highest BCUT2D eigenvalue weighted by molar-refractivity contribution is 6.30. The van der Waals surface area contributed by atoms with Crippen LogP contribution in [0.25, 0.3) is 0 Å². The van der Waals surface area contributed by atoms with Crippen molar-refractivity contribution in [2.45, 2.75) is 13.0 Å². The number of carboxylic acid groups (broad SMARTS) is 1. The van der Waals surface area contributed by atoms with Crippen LogP contribution >= 0.6 is 11.6 Å². The summed E-state index contributed by atoms with van der Waals surface area (Å²) in [6, 6.07) is 7.22. The fourth-order valence-electron chi connectivity index (χ4n) is 3.43. The lowest BCUT2D eigenvalue weighted by Gasteiger charge is -2.23. The third kappa shape index (κ3) is 2.68. The van der Waals surface area contributed by atoms with Crippen LogP contribution in [0.4, 0.5) is 0 Å². The summed E-state index contributed by atoms with van der Waals surface area (Å²) in [4.78, 5) is 23.7. The van der Waals surface area contributed by atoms with Crippen LogP contribution in [0.3, 0.4) is 0 Å². The van der Waals surface area contributed by atoms with Crippen molar-refractivity contribution >= 4 is 23.5 Å². The second-order valence-electron chi connectivity index (χ2n) is 5.68. The second-order valence-corrected chi connectivity index (χ2v) is 6.12. The van der Waals surface area contributed by atoms with Crippen molar-refractivity contribution in [2.24, 2.45) is 23.7 Å². The monoisotopic (exact) mass is 305 g/mol. The molecule has 1 fully saturated rings. The number of aliphatic carboxylic acids is 1. The van der Waals surface area contributed by atoms with E-state index in [1.54, 1.807) is 12.1 Å². The summed E-state index contributed by atoms with van der Waals surface area (Å²) in [5.74, 6) is -2.04. The van der Waals surface area contributed by atoms with Gasteiger partial charge >= 0.3 is 5.97 Å². The molecule has 2 aliphatic carbocycles. The van der Waals surface area contributed by atoms with Gasteiger partial charge in [-0.1, -0.05) is 35.9 Å². The van der Waals surface area contributed by atoms with Crippen LogP contribution in [0.2, 0.25) is 5.02 Å². The summed E-state index contributed by atoms with van der Waals surface area (Å²) in [5, 5.41) is 12.8. The predicted octanol–water partition coefficient (Wildman–Crippen LogP) is 2.48. The zero-order valence-corrected chi connectivity index (χ0v) is 12.1.